The number of carbonyl (C=O) groups excluding carboxylic acids is 1. The number of nitrogens with one attached hydrogen (secondary N) is 3. The Morgan fingerprint density at radius 3 is 2.71 bits per heavy atom. The van der Waals surface area contributed by atoms with E-state index in [1.165, 1.54) is 19.1 Å². The van der Waals surface area contributed by atoms with Crippen LogP contribution in [0.25, 0.3) is 11.0 Å². The summed E-state index contributed by atoms with van der Waals surface area (Å²) >= 11 is 0. The number of hydrogen-bond donors (Lipinski definition) is 3. The van der Waals surface area contributed by atoms with Crippen molar-refractivity contribution in [3.63, 3.8) is 0 Å². The van der Waals surface area contributed by atoms with Gasteiger partial charge in [-0.1, -0.05) is 0 Å². The number of anilines is 1. The van der Waals surface area contributed by atoms with Crippen molar-refractivity contribution in [2.24, 2.45) is 0 Å². The minimum Gasteiger partial charge on any atom is -0.321 e. The highest BCUT2D eigenvalue weighted by Crippen LogP contribution is 2.15. The van der Waals surface area contributed by atoms with Crippen molar-refractivity contribution >= 4 is 22.6 Å². The molecule has 0 saturated heterocycles. The van der Waals surface area contributed by atoms with Gasteiger partial charge in [0.05, 0.1) is 16.7 Å². The van der Waals surface area contributed by atoms with E-state index in [9.17, 15) is 14.0 Å². The van der Waals surface area contributed by atoms with Crippen LogP contribution in [0.1, 0.15) is 16.2 Å². The summed E-state index contributed by atoms with van der Waals surface area (Å²) in [4.78, 5) is 32.3. The Kier molecular flexibility index (Phi) is 3.02. The summed E-state index contributed by atoms with van der Waals surface area (Å²) < 4.78 is 13.1. The first-order valence-corrected chi connectivity index (χ1v) is 6.19. The number of nitrogens with zero attached hydrogens (tertiary/aromatic N) is 1. The average Bonchev–Trinajstić information content (AvgIpc) is 2.81. The first kappa shape index (κ1) is 13.0. The number of pyridine rings is 1. The molecule has 0 radical (unpaired) electrons. The lowest BCUT2D eigenvalue weighted by molar-refractivity contribution is 0.102. The number of carbonyl (C=O) groups is 1. The predicted octanol–water partition coefficient (Wildman–Crippen LogP) is 1.95. The number of imidazole rings is 1. The molecule has 0 atom stereocenters. The van der Waals surface area contributed by atoms with Gasteiger partial charge in [0.2, 0.25) is 0 Å². The second-order valence-electron chi connectivity index (χ2n) is 4.56. The zero-order valence-electron chi connectivity index (χ0n) is 11.0. The maximum absolute atomic E-state index is 13.1. The molecule has 21 heavy (non-hydrogen) atoms. The SMILES string of the molecule is Cc1nc(C(=O)Nc2ccc3[nH]c(=O)[nH]c3c2)ccc1F. The predicted molar refractivity (Wildman–Crippen MR) is 75.8 cm³/mol. The molecule has 1 aromatic carbocycles. The van der Waals surface area contributed by atoms with E-state index in [0.717, 1.165) is 0 Å². The number of aryl methyl sites for hydroxylation is 1. The highest BCUT2D eigenvalue weighted by molar-refractivity contribution is 6.03. The van der Waals surface area contributed by atoms with Crippen LogP contribution in [0.3, 0.4) is 0 Å². The van der Waals surface area contributed by atoms with Gasteiger partial charge in [-0.2, -0.15) is 0 Å². The van der Waals surface area contributed by atoms with Gasteiger partial charge in [-0.15, -0.1) is 0 Å². The third kappa shape index (κ3) is 2.53. The third-order valence-corrected chi connectivity index (χ3v) is 3.03. The van der Waals surface area contributed by atoms with Crippen molar-refractivity contribution in [3.8, 4) is 0 Å². The molecule has 0 unspecified atom stereocenters. The minimum absolute atomic E-state index is 0.122. The average molecular weight is 286 g/mol. The highest BCUT2D eigenvalue weighted by Gasteiger charge is 2.10. The van der Waals surface area contributed by atoms with Gasteiger partial charge in [0, 0.05) is 5.69 Å². The van der Waals surface area contributed by atoms with E-state index in [1.54, 1.807) is 18.2 Å². The second-order valence-corrected chi connectivity index (χ2v) is 4.56. The zero-order valence-corrected chi connectivity index (χ0v) is 11.0. The van der Waals surface area contributed by atoms with Gasteiger partial charge in [0.25, 0.3) is 5.91 Å². The molecule has 2 heterocycles. The molecule has 6 nitrogen and oxygen atoms in total. The Balaban J connectivity index is 1.88. The van der Waals surface area contributed by atoms with Gasteiger partial charge < -0.3 is 15.3 Å². The summed E-state index contributed by atoms with van der Waals surface area (Å²) in [6.45, 7) is 1.49. The number of benzene rings is 1. The lowest BCUT2D eigenvalue weighted by Crippen LogP contribution is -2.14. The fraction of sp³-hybridized carbons (Fsp3) is 0.0714. The van der Waals surface area contributed by atoms with E-state index in [1.807, 2.05) is 0 Å². The second kappa shape index (κ2) is 4.86. The molecule has 0 fully saturated rings. The van der Waals surface area contributed by atoms with E-state index in [-0.39, 0.29) is 17.1 Å². The van der Waals surface area contributed by atoms with Gasteiger partial charge in [0.1, 0.15) is 11.5 Å². The van der Waals surface area contributed by atoms with Crippen molar-refractivity contribution < 1.29 is 9.18 Å². The van der Waals surface area contributed by atoms with Crippen LogP contribution in [0.2, 0.25) is 0 Å². The first-order valence-electron chi connectivity index (χ1n) is 6.19. The lowest BCUT2D eigenvalue weighted by Gasteiger charge is -2.05. The van der Waals surface area contributed by atoms with Crippen LogP contribution in [-0.2, 0) is 0 Å². The van der Waals surface area contributed by atoms with E-state index < -0.39 is 11.7 Å². The molecule has 1 amide bonds. The maximum atomic E-state index is 13.1. The molecule has 0 saturated carbocycles. The normalized spacial score (nSPS) is 10.8. The fourth-order valence-electron chi connectivity index (χ4n) is 1.98. The van der Waals surface area contributed by atoms with Crippen LogP contribution in [-0.4, -0.2) is 20.9 Å². The van der Waals surface area contributed by atoms with Crippen LogP contribution in [0.5, 0.6) is 0 Å². The smallest absolute Gasteiger partial charge is 0.321 e. The number of aromatic amines is 2. The van der Waals surface area contributed by atoms with E-state index in [2.05, 4.69) is 20.3 Å². The van der Waals surface area contributed by atoms with E-state index >= 15 is 0 Å². The van der Waals surface area contributed by atoms with Crippen molar-refractivity contribution in [1.29, 1.82) is 0 Å². The first-order chi connectivity index (χ1) is 10.0. The molecule has 0 aliphatic carbocycles. The van der Waals surface area contributed by atoms with Gasteiger partial charge >= 0.3 is 5.69 Å². The van der Waals surface area contributed by atoms with Crippen LogP contribution in [0.4, 0.5) is 10.1 Å². The van der Waals surface area contributed by atoms with Crippen LogP contribution >= 0.6 is 0 Å². The highest BCUT2D eigenvalue weighted by atomic mass is 19.1. The molecule has 2 aromatic heterocycles. The lowest BCUT2D eigenvalue weighted by atomic mass is 10.2. The third-order valence-electron chi connectivity index (χ3n) is 3.03. The summed E-state index contributed by atoms with van der Waals surface area (Å²) in [6.07, 6.45) is 0. The zero-order chi connectivity index (χ0) is 15.0. The Morgan fingerprint density at radius 2 is 1.95 bits per heavy atom. The molecule has 0 aliphatic heterocycles. The van der Waals surface area contributed by atoms with Gasteiger partial charge in [-0.05, 0) is 37.3 Å². The molecular formula is C14H11FN4O2. The quantitative estimate of drug-likeness (QED) is 0.672. The topological polar surface area (TPSA) is 90.6 Å². The number of fused-ring (bicyclic) bond motifs is 1. The largest absolute Gasteiger partial charge is 0.323 e. The molecule has 0 spiro atoms. The summed E-state index contributed by atoms with van der Waals surface area (Å²) in [5, 5.41) is 2.65. The van der Waals surface area contributed by atoms with Gasteiger partial charge in [-0.3, -0.25) is 4.79 Å². The molecule has 0 aliphatic rings. The van der Waals surface area contributed by atoms with Crippen LogP contribution < -0.4 is 11.0 Å². The molecule has 0 bridgehead atoms. The minimum atomic E-state index is -0.460. The maximum Gasteiger partial charge on any atom is 0.323 e. The standard InChI is InChI=1S/C14H11FN4O2/c1-7-9(15)3-5-11(16-7)13(20)17-8-2-4-10-12(6-8)19-14(21)18-10/h2-6H,1H3,(H,17,20)(H2,18,19,21). The number of hydrogen-bond acceptors (Lipinski definition) is 3. The Labute approximate surface area is 118 Å². The summed E-state index contributed by atoms with van der Waals surface area (Å²) in [5.41, 5.74) is 1.70. The van der Waals surface area contributed by atoms with E-state index in [4.69, 9.17) is 0 Å². The number of halogens is 1. The van der Waals surface area contributed by atoms with Crippen LogP contribution in [0.15, 0.2) is 35.1 Å². The van der Waals surface area contributed by atoms with Gasteiger partial charge in [-0.25, -0.2) is 14.2 Å². The fourth-order valence-corrected chi connectivity index (χ4v) is 1.98. The van der Waals surface area contributed by atoms with E-state index in [0.29, 0.717) is 16.7 Å². The Hall–Kier alpha value is -2.96. The molecule has 3 rings (SSSR count). The number of aromatic nitrogens is 3. The Morgan fingerprint density at radius 1 is 1.19 bits per heavy atom. The molecule has 3 aromatic rings. The summed E-state index contributed by atoms with van der Waals surface area (Å²) in [7, 11) is 0. The Bertz CT molecular complexity index is 897. The molecule has 7 heteroatoms. The monoisotopic (exact) mass is 286 g/mol. The molecule has 3 N–H and O–H groups in total. The number of rotatable bonds is 2. The van der Waals surface area contributed by atoms with Crippen molar-refractivity contribution in [3.05, 3.63) is 58.0 Å². The summed E-state index contributed by atoms with van der Waals surface area (Å²) in [5.74, 6) is -0.909. The van der Waals surface area contributed by atoms with Crippen molar-refractivity contribution in [2.75, 3.05) is 5.32 Å². The number of amides is 1. The number of H-pyrrole nitrogens is 2. The van der Waals surface area contributed by atoms with Crippen molar-refractivity contribution in [1.82, 2.24) is 15.0 Å². The molecule has 106 valence electrons. The van der Waals surface area contributed by atoms with Crippen LogP contribution in [0, 0.1) is 12.7 Å². The van der Waals surface area contributed by atoms with Crippen molar-refractivity contribution in [2.45, 2.75) is 6.92 Å². The summed E-state index contributed by atoms with van der Waals surface area (Å²) in [6, 6.07) is 7.46. The van der Waals surface area contributed by atoms with Gasteiger partial charge in [0.15, 0.2) is 0 Å². The molecular weight excluding hydrogens is 275 g/mol.